The summed E-state index contributed by atoms with van der Waals surface area (Å²) in [6.45, 7) is 3.30. The number of aromatic amines is 1. The van der Waals surface area contributed by atoms with Crippen molar-refractivity contribution in [2.45, 2.75) is 38.8 Å². The minimum absolute atomic E-state index is 0.0185. The molecule has 132 valence electrons. The maximum absolute atomic E-state index is 12.9. The van der Waals surface area contributed by atoms with Crippen LogP contribution in [0.25, 0.3) is 11.4 Å². The number of carboxylic acids is 1. The molecule has 1 saturated carbocycles. The molecule has 1 atom stereocenters. The van der Waals surface area contributed by atoms with Gasteiger partial charge in [0.15, 0.2) is 0 Å². The molecule has 1 amide bonds. The molecule has 7 heteroatoms. The zero-order valence-corrected chi connectivity index (χ0v) is 14.4. The first-order chi connectivity index (χ1) is 11.9. The van der Waals surface area contributed by atoms with E-state index in [2.05, 4.69) is 9.97 Å². The predicted molar refractivity (Wildman–Crippen MR) is 91.6 cm³/mol. The van der Waals surface area contributed by atoms with E-state index in [1.807, 2.05) is 24.3 Å². The third-order valence-corrected chi connectivity index (χ3v) is 4.38. The van der Waals surface area contributed by atoms with Gasteiger partial charge in [0.2, 0.25) is 0 Å². The second-order valence-corrected chi connectivity index (χ2v) is 6.25. The number of hydrogen-bond acceptors (Lipinski definition) is 4. The number of carbonyl (C=O) groups excluding carboxylic acids is 1. The summed E-state index contributed by atoms with van der Waals surface area (Å²) in [5, 5.41) is 9.30. The normalized spacial score (nSPS) is 14.8. The van der Waals surface area contributed by atoms with Crippen molar-refractivity contribution in [3.05, 3.63) is 35.7 Å². The topological polar surface area (TPSA) is 95.5 Å². The van der Waals surface area contributed by atoms with Gasteiger partial charge in [-0.2, -0.15) is 0 Å². The van der Waals surface area contributed by atoms with E-state index in [9.17, 15) is 14.7 Å². The van der Waals surface area contributed by atoms with Crippen molar-refractivity contribution >= 4 is 11.9 Å². The summed E-state index contributed by atoms with van der Waals surface area (Å²) in [7, 11) is 1.59. The molecule has 25 heavy (non-hydrogen) atoms. The number of benzene rings is 1. The highest BCUT2D eigenvalue weighted by molar-refractivity contribution is 5.97. The van der Waals surface area contributed by atoms with Crippen LogP contribution in [0.1, 0.15) is 35.9 Å². The molecule has 2 aromatic rings. The van der Waals surface area contributed by atoms with Crippen LogP contribution < -0.4 is 4.74 Å². The average molecular weight is 343 g/mol. The van der Waals surface area contributed by atoms with E-state index in [1.165, 1.54) is 11.8 Å². The molecule has 1 aromatic carbocycles. The number of hydrogen-bond donors (Lipinski definition) is 2. The molecule has 1 fully saturated rings. The van der Waals surface area contributed by atoms with Crippen LogP contribution in [0.5, 0.6) is 5.75 Å². The third-order valence-electron chi connectivity index (χ3n) is 4.38. The monoisotopic (exact) mass is 343 g/mol. The van der Waals surface area contributed by atoms with Gasteiger partial charge in [0.05, 0.1) is 7.11 Å². The van der Waals surface area contributed by atoms with Gasteiger partial charge in [0, 0.05) is 17.3 Å². The average Bonchev–Trinajstić information content (AvgIpc) is 3.35. The molecule has 1 aromatic heterocycles. The Balaban J connectivity index is 1.93. The molecule has 1 heterocycles. The van der Waals surface area contributed by atoms with Crippen LogP contribution in [-0.4, -0.2) is 51.0 Å². The van der Waals surface area contributed by atoms with Crippen LogP contribution in [0.3, 0.4) is 0 Å². The largest absolute Gasteiger partial charge is 0.497 e. The zero-order valence-electron chi connectivity index (χ0n) is 14.4. The summed E-state index contributed by atoms with van der Waals surface area (Å²) in [5.74, 6) is -0.112. The van der Waals surface area contributed by atoms with Gasteiger partial charge in [-0.3, -0.25) is 4.79 Å². The summed E-state index contributed by atoms with van der Waals surface area (Å²) >= 11 is 0. The van der Waals surface area contributed by atoms with E-state index in [0.717, 1.165) is 18.4 Å². The van der Waals surface area contributed by atoms with Crippen molar-refractivity contribution in [2.75, 3.05) is 7.11 Å². The number of ether oxygens (including phenoxy) is 1. The number of aromatic nitrogens is 2. The minimum atomic E-state index is -1.01. The molecule has 3 rings (SSSR count). The highest BCUT2D eigenvalue weighted by atomic mass is 16.5. The Labute approximate surface area is 145 Å². The van der Waals surface area contributed by atoms with E-state index in [4.69, 9.17) is 4.74 Å². The molecule has 7 nitrogen and oxygen atoms in total. The fourth-order valence-corrected chi connectivity index (χ4v) is 2.83. The highest BCUT2D eigenvalue weighted by Crippen LogP contribution is 2.31. The van der Waals surface area contributed by atoms with E-state index in [0.29, 0.717) is 17.3 Å². The van der Waals surface area contributed by atoms with E-state index >= 15 is 0 Å². The number of amides is 1. The number of rotatable bonds is 6. The van der Waals surface area contributed by atoms with Gasteiger partial charge in [-0.25, -0.2) is 9.78 Å². The van der Waals surface area contributed by atoms with Crippen molar-refractivity contribution in [3.63, 3.8) is 0 Å². The van der Waals surface area contributed by atoms with E-state index in [1.54, 1.807) is 14.0 Å². The molecule has 0 aliphatic heterocycles. The van der Waals surface area contributed by atoms with Crippen molar-refractivity contribution in [1.82, 2.24) is 14.9 Å². The van der Waals surface area contributed by atoms with Gasteiger partial charge in [-0.05, 0) is 38.8 Å². The fourth-order valence-electron chi connectivity index (χ4n) is 2.83. The lowest BCUT2D eigenvalue weighted by atomic mass is 10.2. The quantitative estimate of drug-likeness (QED) is 0.840. The number of nitrogens with zero attached hydrogens (tertiary/aromatic N) is 2. The second kappa shape index (κ2) is 6.58. The first-order valence-corrected chi connectivity index (χ1v) is 8.19. The number of nitrogens with one attached hydrogen (secondary N) is 1. The third kappa shape index (κ3) is 3.35. The Bertz CT molecular complexity index is 810. The Morgan fingerprint density at radius 1 is 1.40 bits per heavy atom. The van der Waals surface area contributed by atoms with Gasteiger partial charge < -0.3 is 19.7 Å². The Morgan fingerprint density at radius 3 is 2.72 bits per heavy atom. The lowest BCUT2D eigenvalue weighted by Gasteiger charge is -2.25. The van der Waals surface area contributed by atoms with Crippen molar-refractivity contribution in [1.29, 1.82) is 0 Å². The first-order valence-electron chi connectivity index (χ1n) is 8.19. The van der Waals surface area contributed by atoms with Gasteiger partial charge in [-0.15, -0.1) is 0 Å². The van der Waals surface area contributed by atoms with Crippen LogP contribution in [0.2, 0.25) is 0 Å². The number of imidazole rings is 1. The molecular formula is C18H21N3O4. The minimum Gasteiger partial charge on any atom is -0.497 e. The SMILES string of the molecule is COc1cccc(-c2nc(C(=O)N(C3CC3)C(C)C(=O)O)c(C)[nH]2)c1. The zero-order chi connectivity index (χ0) is 18.1. The standard InChI is InChI=1S/C18H21N3O4/c1-10-15(17(22)21(13-7-8-13)11(2)18(23)24)20-16(19-10)12-5-4-6-14(9-12)25-3/h4-6,9,11,13H,7-8H2,1-3H3,(H,19,20)(H,23,24). The van der Waals surface area contributed by atoms with Crippen molar-refractivity contribution < 1.29 is 19.4 Å². The van der Waals surface area contributed by atoms with E-state index < -0.39 is 12.0 Å². The summed E-state index contributed by atoms with van der Waals surface area (Å²) in [6, 6.07) is 6.47. The smallest absolute Gasteiger partial charge is 0.326 e. The molecule has 2 N–H and O–H groups in total. The molecule has 0 spiro atoms. The Morgan fingerprint density at radius 2 is 2.12 bits per heavy atom. The van der Waals surface area contributed by atoms with Crippen LogP contribution >= 0.6 is 0 Å². The number of aliphatic carboxylic acids is 1. The molecule has 1 aliphatic rings. The van der Waals surface area contributed by atoms with Crippen LogP contribution in [0, 0.1) is 6.92 Å². The van der Waals surface area contributed by atoms with Crippen LogP contribution in [-0.2, 0) is 4.79 Å². The number of methoxy groups -OCH3 is 1. The predicted octanol–water partition coefficient (Wildman–Crippen LogP) is 2.47. The van der Waals surface area contributed by atoms with Crippen LogP contribution in [0.15, 0.2) is 24.3 Å². The first kappa shape index (κ1) is 17.0. The Hall–Kier alpha value is -2.83. The molecule has 1 unspecified atom stereocenters. The number of aryl methyl sites for hydroxylation is 1. The summed E-state index contributed by atoms with van der Waals surface area (Å²) < 4.78 is 5.21. The van der Waals surface area contributed by atoms with Gasteiger partial charge in [-0.1, -0.05) is 12.1 Å². The summed E-state index contributed by atoms with van der Waals surface area (Å²) in [4.78, 5) is 33.2. The maximum atomic E-state index is 12.9. The van der Waals surface area contributed by atoms with Gasteiger partial charge in [0.1, 0.15) is 23.3 Å². The molecular weight excluding hydrogens is 322 g/mol. The van der Waals surface area contributed by atoms with E-state index in [-0.39, 0.29) is 17.6 Å². The van der Waals surface area contributed by atoms with Crippen molar-refractivity contribution in [3.8, 4) is 17.1 Å². The number of H-pyrrole nitrogens is 1. The number of carbonyl (C=O) groups is 2. The molecule has 0 radical (unpaired) electrons. The number of carboxylic acid groups (broad SMARTS) is 1. The van der Waals surface area contributed by atoms with Crippen LogP contribution in [0.4, 0.5) is 0 Å². The maximum Gasteiger partial charge on any atom is 0.326 e. The molecule has 0 saturated heterocycles. The Kier molecular flexibility index (Phi) is 4.48. The van der Waals surface area contributed by atoms with Gasteiger partial charge in [0.25, 0.3) is 5.91 Å². The summed E-state index contributed by atoms with van der Waals surface area (Å²) in [6.07, 6.45) is 1.66. The lowest BCUT2D eigenvalue weighted by molar-refractivity contribution is -0.141. The highest BCUT2D eigenvalue weighted by Gasteiger charge is 2.40. The fraction of sp³-hybridized carbons (Fsp3) is 0.389. The lowest BCUT2D eigenvalue weighted by Crippen LogP contribution is -2.45. The van der Waals surface area contributed by atoms with Crippen molar-refractivity contribution in [2.24, 2.45) is 0 Å². The summed E-state index contributed by atoms with van der Waals surface area (Å²) in [5.41, 5.74) is 1.68. The molecule has 1 aliphatic carbocycles. The second-order valence-electron chi connectivity index (χ2n) is 6.25. The molecule has 0 bridgehead atoms. The van der Waals surface area contributed by atoms with Gasteiger partial charge >= 0.3 is 5.97 Å².